The Morgan fingerprint density at radius 1 is 1.38 bits per heavy atom. The number of rotatable bonds is 7. The number of halogens is 1. The number of aromatic nitrogens is 2. The van der Waals surface area contributed by atoms with Gasteiger partial charge in [0.15, 0.2) is 5.75 Å². The molecular formula is C16H22BrN3O. The van der Waals surface area contributed by atoms with E-state index in [4.69, 9.17) is 4.74 Å². The first kappa shape index (κ1) is 16.0. The Balaban J connectivity index is 2.30. The van der Waals surface area contributed by atoms with Gasteiger partial charge in [0.2, 0.25) is 0 Å². The molecule has 0 amide bonds. The lowest BCUT2D eigenvalue weighted by atomic mass is 10.0. The van der Waals surface area contributed by atoms with E-state index in [1.54, 1.807) is 13.3 Å². The number of nitrogens with zero attached hydrogens (tertiary/aromatic N) is 2. The van der Waals surface area contributed by atoms with Crippen molar-refractivity contribution < 1.29 is 4.74 Å². The normalized spacial score (nSPS) is 12.4. The standard InChI is InChI=1S/C16H22BrN3O/c1-4-9-18-14(10-12-7-5-6-8-13(12)17)16-15(21-3)11-19-20(16)2/h5-8,11,14,18H,4,9-10H2,1-3H3. The van der Waals surface area contributed by atoms with E-state index >= 15 is 0 Å². The van der Waals surface area contributed by atoms with Gasteiger partial charge >= 0.3 is 0 Å². The Hall–Kier alpha value is -1.33. The smallest absolute Gasteiger partial charge is 0.161 e. The van der Waals surface area contributed by atoms with Crippen LogP contribution in [-0.2, 0) is 13.5 Å². The summed E-state index contributed by atoms with van der Waals surface area (Å²) in [5, 5.41) is 7.92. The van der Waals surface area contributed by atoms with Gasteiger partial charge in [-0.3, -0.25) is 4.68 Å². The first-order chi connectivity index (χ1) is 10.2. The van der Waals surface area contributed by atoms with Crippen molar-refractivity contribution in [2.75, 3.05) is 13.7 Å². The third kappa shape index (κ3) is 3.86. The molecule has 0 radical (unpaired) electrons. The highest BCUT2D eigenvalue weighted by molar-refractivity contribution is 9.10. The maximum atomic E-state index is 5.46. The van der Waals surface area contributed by atoms with Gasteiger partial charge in [0.25, 0.3) is 0 Å². The van der Waals surface area contributed by atoms with Gasteiger partial charge in [-0.1, -0.05) is 41.1 Å². The Kier molecular flexibility index (Phi) is 5.82. The number of ether oxygens (including phenoxy) is 1. The second-order valence-electron chi connectivity index (χ2n) is 5.02. The topological polar surface area (TPSA) is 39.1 Å². The van der Waals surface area contributed by atoms with Gasteiger partial charge in [0, 0.05) is 11.5 Å². The highest BCUT2D eigenvalue weighted by atomic mass is 79.9. The van der Waals surface area contributed by atoms with E-state index in [0.717, 1.165) is 35.3 Å². The van der Waals surface area contributed by atoms with Crippen molar-refractivity contribution in [3.63, 3.8) is 0 Å². The van der Waals surface area contributed by atoms with Crippen LogP contribution in [0.5, 0.6) is 5.75 Å². The lowest BCUT2D eigenvalue weighted by Crippen LogP contribution is -2.26. The summed E-state index contributed by atoms with van der Waals surface area (Å²) in [5.74, 6) is 0.832. The van der Waals surface area contributed by atoms with Crippen molar-refractivity contribution in [1.82, 2.24) is 15.1 Å². The van der Waals surface area contributed by atoms with Crippen LogP contribution in [0.4, 0.5) is 0 Å². The molecule has 0 fully saturated rings. The van der Waals surface area contributed by atoms with E-state index in [2.05, 4.69) is 51.5 Å². The molecule has 0 aliphatic heterocycles. The minimum atomic E-state index is 0.172. The van der Waals surface area contributed by atoms with Crippen LogP contribution in [0.2, 0.25) is 0 Å². The molecule has 1 atom stereocenters. The summed E-state index contributed by atoms with van der Waals surface area (Å²) >= 11 is 3.63. The van der Waals surface area contributed by atoms with Crippen LogP contribution in [0.15, 0.2) is 34.9 Å². The van der Waals surface area contributed by atoms with Gasteiger partial charge in [0.1, 0.15) is 0 Å². The zero-order valence-corrected chi connectivity index (χ0v) is 14.4. The van der Waals surface area contributed by atoms with E-state index in [1.165, 1.54) is 5.56 Å². The number of aryl methyl sites for hydroxylation is 1. The third-order valence-electron chi connectivity index (χ3n) is 3.52. The zero-order chi connectivity index (χ0) is 15.2. The molecule has 0 bridgehead atoms. The fourth-order valence-electron chi connectivity index (χ4n) is 2.45. The van der Waals surface area contributed by atoms with Gasteiger partial charge in [-0.2, -0.15) is 5.10 Å². The molecule has 2 aromatic rings. The largest absolute Gasteiger partial charge is 0.493 e. The number of nitrogens with one attached hydrogen (secondary N) is 1. The maximum absolute atomic E-state index is 5.46. The van der Waals surface area contributed by atoms with Crippen LogP contribution in [0.25, 0.3) is 0 Å². The molecule has 1 aromatic carbocycles. The minimum Gasteiger partial charge on any atom is -0.493 e. The van der Waals surface area contributed by atoms with E-state index in [-0.39, 0.29) is 6.04 Å². The molecule has 5 heteroatoms. The fourth-order valence-corrected chi connectivity index (χ4v) is 2.90. The molecule has 1 unspecified atom stereocenters. The second kappa shape index (κ2) is 7.61. The van der Waals surface area contributed by atoms with Gasteiger partial charge in [-0.05, 0) is 31.0 Å². The van der Waals surface area contributed by atoms with E-state index in [1.807, 2.05) is 17.8 Å². The third-order valence-corrected chi connectivity index (χ3v) is 4.30. The van der Waals surface area contributed by atoms with Crippen molar-refractivity contribution in [3.8, 4) is 5.75 Å². The lowest BCUT2D eigenvalue weighted by Gasteiger charge is -2.21. The Morgan fingerprint density at radius 3 is 2.81 bits per heavy atom. The summed E-state index contributed by atoms with van der Waals surface area (Å²) in [6, 6.07) is 8.50. The van der Waals surface area contributed by atoms with Crippen LogP contribution >= 0.6 is 15.9 Å². The van der Waals surface area contributed by atoms with Crippen LogP contribution < -0.4 is 10.1 Å². The van der Waals surface area contributed by atoms with Crippen molar-refractivity contribution in [3.05, 3.63) is 46.2 Å². The SMILES string of the molecule is CCCNC(Cc1ccccc1Br)c1c(OC)cnn1C. The Bertz CT molecular complexity index is 583. The molecule has 1 aromatic heterocycles. The second-order valence-corrected chi connectivity index (χ2v) is 5.88. The molecule has 114 valence electrons. The molecular weight excluding hydrogens is 330 g/mol. The molecule has 1 N–H and O–H groups in total. The number of benzene rings is 1. The van der Waals surface area contributed by atoms with Crippen molar-refractivity contribution >= 4 is 15.9 Å². The van der Waals surface area contributed by atoms with Crippen LogP contribution in [-0.4, -0.2) is 23.4 Å². The van der Waals surface area contributed by atoms with Crippen LogP contribution in [0.1, 0.15) is 30.6 Å². The number of methoxy groups -OCH3 is 1. The van der Waals surface area contributed by atoms with Gasteiger partial charge in [-0.25, -0.2) is 0 Å². The first-order valence-corrected chi connectivity index (χ1v) is 7.99. The number of hydrogen-bond donors (Lipinski definition) is 1. The predicted molar refractivity (Wildman–Crippen MR) is 88.6 cm³/mol. The first-order valence-electron chi connectivity index (χ1n) is 7.20. The van der Waals surface area contributed by atoms with Crippen molar-refractivity contribution in [2.45, 2.75) is 25.8 Å². The lowest BCUT2D eigenvalue weighted by molar-refractivity contribution is 0.392. The molecule has 0 saturated carbocycles. The monoisotopic (exact) mass is 351 g/mol. The summed E-state index contributed by atoms with van der Waals surface area (Å²) < 4.78 is 8.49. The van der Waals surface area contributed by atoms with E-state index < -0.39 is 0 Å². The molecule has 0 aliphatic carbocycles. The van der Waals surface area contributed by atoms with Gasteiger partial charge in [0.05, 0.1) is 25.0 Å². The average Bonchev–Trinajstić information content (AvgIpc) is 2.86. The summed E-state index contributed by atoms with van der Waals surface area (Å²) in [6.07, 6.45) is 3.75. The Labute approximate surface area is 134 Å². The summed E-state index contributed by atoms with van der Waals surface area (Å²) in [5.41, 5.74) is 2.36. The molecule has 1 heterocycles. The van der Waals surface area contributed by atoms with E-state index in [0.29, 0.717) is 0 Å². The molecule has 0 saturated heterocycles. The maximum Gasteiger partial charge on any atom is 0.161 e. The van der Waals surface area contributed by atoms with Crippen molar-refractivity contribution in [2.24, 2.45) is 7.05 Å². The summed E-state index contributed by atoms with van der Waals surface area (Å²) in [7, 11) is 3.65. The number of hydrogen-bond acceptors (Lipinski definition) is 3. The molecule has 0 aliphatic rings. The summed E-state index contributed by atoms with van der Waals surface area (Å²) in [6.45, 7) is 3.13. The molecule has 0 spiro atoms. The van der Waals surface area contributed by atoms with Crippen molar-refractivity contribution in [1.29, 1.82) is 0 Å². The molecule has 2 rings (SSSR count). The van der Waals surface area contributed by atoms with Crippen LogP contribution in [0, 0.1) is 0 Å². The highest BCUT2D eigenvalue weighted by Gasteiger charge is 2.21. The zero-order valence-electron chi connectivity index (χ0n) is 12.8. The quantitative estimate of drug-likeness (QED) is 0.829. The fraction of sp³-hybridized carbons (Fsp3) is 0.438. The summed E-state index contributed by atoms with van der Waals surface area (Å²) in [4.78, 5) is 0. The predicted octanol–water partition coefficient (Wildman–Crippen LogP) is 3.47. The van der Waals surface area contributed by atoms with Crippen LogP contribution in [0.3, 0.4) is 0 Å². The van der Waals surface area contributed by atoms with E-state index in [9.17, 15) is 0 Å². The molecule has 21 heavy (non-hydrogen) atoms. The van der Waals surface area contributed by atoms with Gasteiger partial charge < -0.3 is 10.1 Å². The molecule has 4 nitrogen and oxygen atoms in total. The Morgan fingerprint density at radius 2 is 2.14 bits per heavy atom. The average molecular weight is 352 g/mol. The minimum absolute atomic E-state index is 0.172. The van der Waals surface area contributed by atoms with Gasteiger partial charge in [-0.15, -0.1) is 0 Å². The highest BCUT2D eigenvalue weighted by Crippen LogP contribution is 2.29.